The van der Waals surface area contributed by atoms with Gasteiger partial charge in [-0.2, -0.15) is 5.10 Å². The number of nitrogens with one attached hydrogen (secondary N) is 1. The third kappa shape index (κ3) is 3.26. The fourth-order valence-corrected chi connectivity index (χ4v) is 2.05. The van der Waals surface area contributed by atoms with E-state index >= 15 is 0 Å². The van der Waals surface area contributed by atoms with Crippen LogP contribution in [0.1, 0.15) is 23.7 Å². The van der Waals surface area contributed by atoms with Crippen LogP contribution in [0.25, 0.3) is 0 Å². The van der Waals surface area contributed by atoms with E-state index in [1.807, 2.05) is 17.9 Å². The van der Waals surface area contributed by atoms with Gasteiger partial charge in [0.1, 0.15) is 0 Å². The molecule has 0 radical (unpaired) electrons. The fourth-order valence-electron chi connectivity index (χ4n) is 2.05. The third-order valence-corrected chi connectivity index (χ3v) is 3.01. The number of aromatic hydroxyl groups is 2. The summed E-state index contributed by atoms with van der Waals surface area (Å²) in [6, 6.07) is 4.84. The molecule has 5 heteroatoms. The largest absolute Gasteiger partial charge is 0.504 e. The van der Waals surface area contributed by atoms with Gasteiger partial charge in [-0.15, -0.1) is 0 Å². The van der Waals surface area contributed by atoms with Crippen LogP contribution in [0, 0.1) is 0 Å². The van der Waals surface area contributed by atoms with Crippen LogP contribution in [0.15, 0.2) is 24.4 Å². The predicted molar refractivity (Wildman–Crippen MR) is 72.9 cm³/mol. The van der Waals surface area contributed by atoms with Gasteiger partial charge in [0.2, 0.25) is 0 Å². The molecule has 0 bridgehead atoms. The summed E-state index contributed by atoms with van der Waals surface area (Å²) in [6.45, 7) is 3.45. The second kappa shape index (κ2) is 5.75. The Bertz CT molecular complexity index is 564. The molecule has 19 heavy (non-hydrogen) atoms. The summed E-state index contributed by atoms with van der Waals surface area (Å²) < 4.78 is 1.82. The molecule has 5 nitrogen and oxygen atoms in total. The van der Waals surface area contributed by atoms with Crippen LogP contribution < -0.4 is 5.32 Å². The highest BCUT2D eigenvalue weighted by Gasteiger charge is 2.05. The van der Waals surface area contributed by atoms with Crippen LogP contribution in [0.2, 0.25) is 0 Å². The van der Waals surface area contributed by atoms with Crippen molar-refractivity contribution in [3.8, 4) is 11.5 Å². The van der Waals surface area contributed by atoms with E-state index in [-0.39, 0.29) is 11.5 Å². The Balaban J connectivity index is 1.94. The topological polar surface area (TPSA) is 70.3 Å². The van der Waals surface area contributed by atoms with Crippen LogP contribution in [0.5, 0.6) is 11.5 Å². The molecule has 0 saturated carbocycles. The maximum Gasteiger partial charge on any atom is 0.157 e. The zero-order chi connectivity index (χ0) is 13.8. The van der Waals surface area contributed by atoms with E-state index in [2.05, 4.69) is 17.3 Å². The lowest BCUT2D eigenvalue weighted by Crippen LogP contribution is -2.13. The average molecular weight is 261 g/mol. The van der Waals surface area contributed by atoms with Gasteiger partial charge in [0.25, 0.3) is 0 Å². The maximum atomic E-state index is 9.41. The number of hydrogen-bond acceptors (Lipinski definition) is 4. The van der Waals surface area contributed by atoms with Crippen LogP contribution >= 0.6 is 0 Å². The number of nitrogens with zero attached hydrogens (tertiary/aromatic N) is 2. The summed E-state index contributed by atoms with van der Waals surface area (Å²) in [5.41, 5.74) is 3.22. The zero-order valence-electron chi connectivity index (χ0n) is 11.2. The Morgan fingerprint density at radius 2 is 2.00 bits per heavy atom. The highest BCUT2D eigenvalue weighted by Crippen LogP contribution is 2.24. The average Bonchev–Trinajstić information content (AvgIpc) is 2.74. The molecule has 2 aromatic rings. The van der Waals surface area contributed by atoms with Crippen molar-refractivity contribution in [2.45, 2.75) is 26.4 Å². The Morgan fingerprint density at radius 3 is 2.68 bits per heavy atom. The molecule has 0 aliphatic heterocycles. The Morgan fingerprint density at radius 1 is 1.21 bits per heavy atom. The van der Waals surface area contributed by atoms with Gasteiger partial charge in [-0.25, -0.2) is 0 Å². The number of aryl methyl sites for hydroxylation is 2. The minimum atomic E-state index is -0.0933. The number of rotatable bonds is 5. The van der Waals surface area contributed by atoms with Crippen LogP contribution in [-0.2, 0) is 26.6 Å². The maximum absolute atomic E-state index is 9.41. The number of phenolic OH excluding ortho intramolecular Hbond substituents is 2. The first-order valence-corrected chi connectivity index (χ1v) is 6.33. The molecule has 0 atom stereocenters. The van der Waals surface area contributed by atoms with Gasteiger partial charge in [-0.3, -0.25) is 4.68 Å². The van der Waals surface area contributed by atoms with E-state index in [0.717, 1.165) is 24.2 Å². The molecule has 0 amide bonds. The molecule has 1 aromatic carbocycles. The zero-order valence-corrected chi connectivity index (χ0v) is 11.2. The van der Waals surface area contributed by atoms with Crippen molar-refractivity contribution in [1.82, 2.24) is 15.1 Å². The molecule has 102 valence electrons. The van der Waals surface area contributed by atoms with Gasteiger partial charge in [0.05, 0.1) is 5.69 Å². The highest BCUT2D eigenvalue weighted by molar-refractivity contribution is 5.40. The monoisotopic (exact) mass is 261 g/mol. The first-order chi connectivity index (χ1) is 9.10. The van der Waals surface area contributed by atoms with Crippen molar-refractivity contribution in [3.05, 3.63) is 41.2 Å². The first kappa shape index (κ1) is 13.4. The van der Waals surface area contributed by atoms with Crippen LogP contribution in [0.4, 0.5) is 0 Å². The summed E-state index contributed by atoms with van der Waals surface area (Å²) in [4.78, 5) is 0. The van der Waals surface area contributed by atoms with E-state index in [1.165, 1.54) is 11.6 Å². The number of phenols is 2. The Labute approximate surface area is 112 Å². The standard InChI is InChI=1S/C14H19N3O2/c1-3-12-11(9-17(2)16-12)8-15-7-10-4-5-13(18)14(19)6-10/h4-6,9,15,18-19H,3,7-8H2,1-2H3. The van der Waals surface area contributed by atoms with E-state index in [9.17, 15) is 10.2 Å². The number of benzene rings is 1. The van der Waals surface area contributed by atoms with Crippen molar-refractivity contribution in [2.24, 2.45) is 7.05 Å². The molecule has 0 saturated heterocycles. The van der Waals surface area contributed by atoms with Crippen LogP contribution in [-0.4, -0.2) is 20.0 Å². The minimum Gasteiger partial charge on any atom is -0.504 e. The highest BCUT2D eigenvalue weighted by atomic mass is 16.3. The smallest absolute Gasteiger partial charge is 0.157 e. The first-order valence-electron chi connectivity index (χ1n) is 6.33. The van der Waals surface area contributed by atoms with Crippen molar-refractivity contribution in [3.63, 3.8) is 0 Å². The van der Waals surface area contributed by atoms with E-state index in [1.54, 1.807) is 12.1 Å². The Hall–Kier alpha value is -2.01. The molecule has 1 heterocycles. The van der Waals surface area contributed by atoms with Crippen LogP contribution in [0.3, 0.4) is 0 Å². The lowest BCUT2D eigenvalue weighted by atomic mass is 10.2. The third-order valence-electron chi connectivity index (χ3n) is 3.01. The van der Waals surface area contributed by atoms with Gasteiger partial charge >= 0.3 is 0 Å². The van der Waals surface area contributed by atoms with E-state index in [4.69, 9.17) is 0 Å². The molecule has 2 rings (SSSR count). The molecular formula is C14H19N3O2. The van der Waals surface area contributed by atoms with Crippen molar-refractivity contribution in [2.75, 3.05) is 0 Å². The summed E-state index contributed by atoms with van der Waals surface area (Å²) in [5.74, 6) is -0.181. The Kier molecular flexibility index (Phi) is 4.06. The summed E-state index contributed by atoms with van der Waals surface area (Å²) in [5, 5.41) is 26.3. The predicted octanol–water partition coefficient (Wildman–Crippen LogP) is 1.68. The van der Waals surface area contributed by atoms with Crippen molar-refractivity contribution >= 4 is 0 Å². The lowest BCUT2D eigenvalue weighted by molar-refractivity contribution is 0.403. The second-order valence-electron chi connectivity index (χ2n) is 4.55. The summed E-state index contributed by atoms with van der Waals surface area (Å²) >= 11 is 0. The quantitative estimate of drug-likeness (QED) is 0.716. The van der Waals surface area contributed by atoms with Gasteiger partial charge in [-0.1, -0.05) is 13.0 Å². The molecule has 1 aromatic heterocycles. The van der Waals surface area contributed by atoms with E-state index in [0.29, 0.717) is 6.54 Å². The molecule has 0 spiro atoms. The molecular weight excluding hydrogens is 242 g/mol. The molecule has 0 aliphatic carbocycles. The van der Waals surface area contributed by atoms with Gasteiger partial charge in [0.15, 0.2) is 11.5 Å². The molecule has 0 aliphatic rings. The summed E-state index contributed by atoms with van der Waals surface area (Å²) in [7, 11) is 1.92. The minimum absolute atomic E-state index is 0.0880. The summed E-state index contributed by atoms with van der Waals surface area (Å²) in [6.07, 6.45) is 2.93. The molecule has 0 fully saturated rings. The van der Waals surface area contributed by atoms with Gasteiger partial charge < -0.3 is 15.5 Å². The molecule has 3 N–H and O–H groups in total. The lowest BCUT2D eigenvalue weighted by Gasteiger charge is -2.06. The van der Waals surface area contributed by atoms with E-state index < -0.39 is 0 Å². The normalized spacial score (nSPS) is 10.8. The van der Waals surface area contributed by atoms with Crippen molar-refractivity contribution < 1.29 is 10.2 Å². The SMILES string of the molecule is CCc1nn(C)cc1CNCc1ccc(O)c(O)c1. The number of aromatic nitrogens is 2. The molecule has 0 unspecified atom stereocenters. The second-order valence-corrected chi connectivity index (χ2v) is 4.55. The number of hydrogen-bond donors (Lipinski definition) is 3. The van der Waals surface area contributed by atoms with Gasteiger partial charge in [-0.05, 0) is 24.1 Å². The fraction of sp³-hybridized carbons (Fsp3) is 0.357. The van der Waals surface area contributed by atoms with Crippen molar-refractivity contribution in [1.29, 1.82) is 0 Å². The van der Waals surface area contributed by atoms with Gasteiger partial charge in [0, 0.05) is 31.9 Å².